The quantitative estimate of drug-likeness (QED) is 0.0767. The zero-order valence-electron chi connectivity index (χ0n) is 37.4. The molecule has 15 heteroatoms. The van der Waals surface area contributed by atoms with E-state index in [1.54, 1.807) is 21.6 Å². The van der Waals surface area contributed by atoms with E-state index in [1.165, 1.54) is 6.20 Å². The molecule has 3 aromatic rings. The van der Waals surface area contributed by atoms with Gasteiger partial charge in [-0.3, -0.25) is 19.1 Å². The van der Waals surface area contributed by atoms with Crippen molar-refractivity contribution >= 4 is 35.9 Å². The first-order valence-corrected chi connectivity index (χ1v) is 24.4. The van der Waals surface area contributed by atoms with Crippen LogP contribution in [-0.4, -0.2) is 75.0 Å². The number of alkyl halides is 1. The van der Waals surface area contributed by atoms with Crippen LogP contribution < -0.4 is 11.2 Å². The smallest absolute Gasteiger partial charge is 0.330 e. The van der Waals surface area contributed by atoms with Crippen molar-refractivity contribution in [3.05, 3.63) is 98.3 Å². The Morgan fingerprint density at radius 3 is 2.35 bits per heavy atom. The second-order valence-electron chi connectivity index (χ2n) is 17.0. The maximum Gasteiger partial charge on any atom is 0.330 e. The number of carbonyl (C=O) groups is 1. The molecule has 3 heterocycles. The number of hydrogen-bond acceptors (Lipinski definition) is 11. The largest absolute Gasteiger partial charge is 0.349 e. The van der Waals surface area contributed by atoms with E-state index in [0.717, 1.165) is 51.5 Å². The number of H-pyrrole nitrogens is 1. The van der Waals surface area contributed by atoms with Crippen LogP contribution in [0.15, 0.2) is 75.3 Å². The number of ether oxygens (including phenoxy) is 3. The van der Waals surface area contributed by atoms with Crippen LogP contribution in [-0.2, 0) is 40.9 Å². The summed E-state index contributed by atoms with van der Waals surface area (Å²) in [5.41, 5.74) is 1.93. The van der Waals surface area contributed by atoms with Gasteiger partial charge in [-0.05, 0) is 97.7 Å². The molecule has 2 fully saturated rings. The number of nitrogens with one attached hydrogen (secondary N) is 1. The lowest BCUT2D eigenvalue weighted by atomic mass is 9.83. The molecule has 5 atom stereocenters. The van der Waals surface area contributed by atoms with Gasteiger partial charge in [0.15, 0.2) is 18.7 Å². The maximum atomic E-state index is 16.1. The van der Waals surface area contributed by atoms with Crippen LogP contribution in [0.2, 0.25) is 0 Å². The van der Waals surface area contributed by atoms with Gasteiger partial charge in [0.25, 0.3) is 14.1 Å². The Morgan fingerprint density at radius 2 is 1.72 bits per heavy atom. The predicted molar refractivity (Wildman–Crippen MR) is 240 cm³/mol. The molecule has 0 spiro atoms. The fraction of sp³-hybridized carbons (Fsp3) is 0.622. The average molecular weight is 891 g/mol. The van der Waals surface area contributed by atoms with Gasteiger partial charge < -0.3 is 23.3 Å². The Balaban J connectivity index is 1.12. The molecule has 1 aromatic heterocycles. The summed E-state index contributed by atoms with van der Waals surface area (Å²) in [5.74, 6) is 0.253. The molecular formula is C45H65FN3O8PS2. The minimum absolute atomic E-state index is 0.00162. The molecular weight excluding hydrogens is 825 g/mol. The normalized spacial score (nSPS) is 21.8. The molecule has 60 heavy (non-hydrogen) atoms. The molecule has 2 saturated heterocycles. The van der Waals surface area contributed by atoms with Gasteiger partial charge in [0.05, 0.1) is 25.9 Å². The number of halogens is 1. The molecule has 0 aliphatic carbocycles. The summed E-state index contributed by atoms with van der Waals surface area (Å²) < 4.78 is 58.1. The summed E-state index contributed by atoms with van der Waals surface area (Å²) >= 11 is 0. The monoisotopic (exact) mass is 890 g/mol. The lowest BCUT2D eigenvalue weighted by Crippen LogP contribution is -2.38. The van der Waals surface area contributed by atoms with Gasteiger partial charge >= 0.3 is 5.69 Å². The van der Waals surface area contributed by atoms with Crippen molar-refractivity contribution in [3.8, 4) is 0 Å². The zero-order valence-corrected chi connectivity index (χ0v) is 38.9. The molecule has 11 nitrogen and oxygen atoms in total. The predicted octanol–water partition coefficient (Wildman–Crippen LogP) is 10.1. The third kappa shape index (κ3) is 13.1. The van der Waals surface area contributed by atoms with Crippen molar-refractivity contribution in [2.45, 2.75) is 160 Å². The van der Waals surface area contributed by atoms with Crippen LogP contribution in [0.3, 0.4) is 0 Å². The van der Waals surface area contributed by atoms with E-state index < -0.39 is 44.4 Å². The van der Waals surface area contributed by atoms with Gasteiger partial charge in [0, 0.05) is 59.2 Å². The van der Waals surface area contributed by atoms with E-state index in [1.807, 2.05) is 39.8 Å². The minimum Gasteiger partial charge on any atom is -0.349 e. The topological polar surface area (TPSA) is 121 Å². The Hall–Kier alpha value is -2.39. The molecule has 1 N–H and O–H groups in total. The van der Waals surface area contributed by atoms with Crippen LogP contribution >= 0.6 is 30.1 Å². The van der Waals surface area contributed by atoms with Gasteiger partial charge in [-0.25, -0.2) is 13.9 Å². The summed E-state index contributed by atoms with van der Waals surface area (Å²) in [6, 6.07) is 17.5. The SMILES string of the molecule is [2H]CC1OC(n2ccc(=O)[nH]c2=O)C(F)C1OP(OCCc1ccccc1SSC(C)(C)CCC(=O)CCc1ccc(C2OCC(CC)(CC)CO2)cc1)N(C(C)C)C(C)C. The summed E-state index contributed by atoms with van der Waals surface area (Å²) in [7, 11) is 1.63. The molecule has 2 aromatic carbocycles. The van der Waals surface area contributed by atoms with Crippen molar-refractivity contribution in [2.75, 3.05) is 19.8 Å². The summed E-state index contributed by atoms with van der Waals surface area (Å²) in [6.45, 7) is 18.2. The van der Waals surface area contributed by atoms with Crippen LogP contribution in [0.5, 0.6) is 0 Å². The Morgan fingerprint density at radius 1 is 1.03 bits per heavy atom. The standard InChI is InChI=1S/C45H65FN3O8PS2/c1-10-45(11-2)28-53-42(54-29-45)35-19-16-33(17-20-35)18-21-36(50)22-25-44(8,9)60-59-37-15-13-12-14-34(37)24-27-55-58(49(30(3)4)31(5)6)57-40-32(7)56-41(39(40)46)48-26-23-38(51)47-43(48)52/h12-17,19-20,23,26,30-32,39-42H,10-11,18,21-22,24-25,27-29H2,1-9H3,(H,47,51,52)/i7D. The van der Waals surface area contributed by atoms with E-state index in [-0.39, 0.29) is 41.2 Å². The fourth-order valence-corrected chi connectivity index (χ4v) is 11.6. The highest BCUT2D eigenvalue weighted by atomic mass is 33.1. The molecule has 0 saturated carbocycles. The number of ketones is 1. The highest BCUT2D eigenvalue weighted by molar-refractivity contribution is 8.77. The first kappa shape index (κ1) is 47.1. The van der Waals surface area contributed by atoms with Crippen molar-refractivity contribution in [1.82, 2.24) is 14.2 Å². The third-order valence-electron chi connectivity index (χ3n) is 11.3. The number of aromatic nitrogens is 2. The third-order valence-corrected chi connectivity index (χ3v) is 16.9. The van der Waals surface area contributed by atoms with Gasteiger partial charge in [-0.1, -0.05) is 77.9 Å². The number of aryl methyl sites for hydroxylation is 1. The second kappa shape index (κ2) is 22.3. The van der Waals surface area contributed by atoms with Gasteiger partial charge in [-0.15, -0.1) is 0 Å². The molecule has 2 aliphatic rings. The van der Waals surface area contributed by atoms with Gasteiger partial charge in [0.2, 0.25) is 0 Å². The summed E-state index contributed by atoms with van der Waals surface area (Å²) in [5, 5.41) is 0. The zero-order chi connectivity index (χ0) is 44.3. The Kier molecular flexibility index (Phi) is 17.5. The maximum absolute atomic E-state index is 16.1. The number of Topliss-reactive ketones (excluding diaryl/α,β-unsaturated/α-hetero) is 1. The Bertz CT molecular complexity index is 1950. The van der Waals surface area contributed by atoms with E-state index in [4.69, 9.17) is 24.6 Å². The number of aromatic amines is 1. The minimum atomic E-state index is -1.81. The number of benzene rings is 2. The Labute approximate surface area is 366 Å². The van der Waals surface area contributed by atoms with Gasteiger partial charge in [-0.2, -0.15) is 0 Å². The number of nitrogens with zero attached hydrogens (tertiary/aromatic N) is 2. The first-order valence-electron chi connectivity index (χ1n) is 21.9. The lowest BCUT2D eigenvalue weighted by Gasteiger charge is -2.39. The summed E-state index contributed by atoms with van der Waals surface area (Å²) in [4.78, 5) is 40.4. The molecule has 0 radical (unpaired) electrons. The highest BCUT2D eigenvalue weighted by Gasteiger charge is 2.48. The molecule has 0 bridgehead atoms. The van der Waals surface area contributed by atoms with Crippen molar-refractivity contribution < 1.29 is 33.8 Å². The molecule has 332 valence electrons. The molecule has 2 aliphatic heterocycles. The average Bonchev–Trinajstić information content (AvgIpc) is 3.55. The number of hydrogen-bond donors (Lipinski definition) is 1. The number of carbonyl (C=O) groups excluding carboxylic acids is 1. The van der Waals surface area contributed by atoms with E-state index in [2.05, 4.69) is 73.7 Å². The van der Waals surface area contributed by atoms with Crippen molar-refractivity contribution in [1.29, 1.82) is 0 Å². The van der Waals surface area contributed by atoms with Gasteiger partial charge in [0.1, 0.15) is 11.9 Å². The molecule has 0 amide bonds. The van der Waals surface area contributed by atoms with Crippen LogP contribution in [0, 0.1) is 5.41 Å². The highest BCUT2D eigenvalue weighted by Crippen LogP contribution is 2.51. The van der Waals surface area contributed by atoms with Crippen LogP contribution in [0.1, 0.15) is 125 Å². The van der Waals surface area contributed by atoms with Crippen LogP contribution in [0.25, 0.3) is 0 Å². The van der Waals surface area contributed by atoms with Crippen molar-refractivity contribution in [3.63, 3.8) is 0 Å². The van der Waals surface area contributed by atoms with Crippen LogP contribution in [0.4, 0.5) is 4.39 Å². The van der Waals surface area contributed by atoms with E-state index in [0.29, 0.717) is 45.5 Å². The number of rotatable bonds is 22. The van der Waals surface area contributed by atoms with Crippen molar-refractivity contribution in [2.24, 2.45) is 5.41 Å². The summed E-state index contributed by atoms with van der Waals surface area (Å²) in [6.07, 6.45) is 0.669. The molecule has 5 rings (SSSR count). The first-order chi connectivity index (χ1) is 29.1. The van der Waals surface area contributed by atoms with E-state index in [9.17, 15) is 14.4 Å². The second-order valence-corrected chi connectivity index (χ2v) is 21.2. The van der Waals surface area contributed by atoms with E-state index >= 15 is 4.39 Å². The fourth-order valence-electron chi connectivity index (χ4n) is 7.26. The molecule has 5 unspecified atom stereocenters. The lowest BCUT2D eigenvalue weighted by molar-refractivity contribution is -0.235.